The van der Waals surface area contributed by atoms with Crippen molar-refractivity contribution in [1.29, 1.82) is 0 Å². The molecule has 0 atom stereocenters. The Hall–Kier alpha value is -1.40. The van der Waals surface area contributed by atoms with Gasteiger partial charge in [-0.1, -0.05) is 11.8 Å². The van der Waals surface area contributed by atoms with E-state index in [2.05, 4.69) is 15.9 Å². The summed E-state index contributed by atoms with van der Waals surface area (Å²) >= 11 is 4.63. The Balaban J connectivity index is 1.88. The molecule has 1 heterocycles. The van der Waals surface area contributed by atoms with E-state index >= 15 is 0 Å². The summed E-state index contributed by atoms with van der Waals surface area (Å²) < 4.78 is 25.0. The van der Waals surface area contributed by atoms with E-state index in [0.29, 0.717) is 23.4 Å². The number of halogens is 2. The summed E-state index contributed by atoms with van der Waals surface area (Å²) in [5.41, 5.74) is 6.27. The minimum atomic E-state index is -0.365. The molecular formula is C15H13BrFNO2S. The summed E-state index contributed by atoms with van der Waals surface area (Å²) in [6.45, 7) is 1.31. The van der Waals surface area contributed by atoms with Crippen molar-refractivity contribution in [3.05, 3.63) is 40.6 Å². The van der Waals surface area contributed by atoms with Gasteiger partial charge in [0.25, 0.3) is 0 Å². The first kappa shape index (κ1) is 14.5. The van der Waals surface area contributed by atoms with Crippen molar-refractivity contribution in [2.75, 3.05) is 18.9 Å². The third-order valence-electron chi connectivity index (χ3n) is 3.00. The highest BCUT2D eigenvalue weighted by molar-refractivity contribution is 9.10. The molecule has 0 unspecified atom stereocenters. The number of nitrogen functional groups attached to an aromatic ring is 1. The molecule has 2 N–H and O–H groups in total. The fourth-order valence-electron chi connectivity index (χ4n) is 1.97. The molecular weight excluding hydrogens is 357 g/mol. The van der Waals surface area contributed by atoms with Gasteiger partial charge in [0.1, 0.15) is 5.82 Å². The zero-order chi connectivity index (χ0) is 14.8. The van der Waals surface area contributed by atoms with Gasteiger partial charge in [0.05, 0.1) is 17.7 Å². The topological polar surface area (TPSA) is 44.5 Å². The van der Waals surface area contributed by atoms with Gasteiger partial charge in [-0.3, -0.25) is 0 Å². The van der Waals surface area contributed by atoms with Crippen molar-refractivity contribution in [3.8, 4) is 11.5 Å². The molecule has 0 spiro atoms. The maximum Gasteiger partial charge on any atom is 0.162 e. The van der Waals surface area contributed by atoms with E-state index in [9.17, 15) is 4.39 Å². The van der Waals surface area contributed by atoms with Crippen LogP contribution in [-0.4, -0.2) is 13.2 Å². The van der Waals surface area contributed by atoms with Gasteiger partial charge in [0.2, 0.25) is 0 Å². The average Bonchev–Trinajstić information content (AvgIpc) is 2.69. The lowest BCUT2D eigenvalue weighted by Crippen LogP contribution is -1.97. The smallest absolute Gasteiger partial charge is 0.162 e. The van der Waals surface area contributed by atoms with E-state index in [4.69, 9.17) is 15.2 Å². The molecule has 0 aliphatic carbocycles. The predicted molar refractivity (Wildman–Crippen MR) is 84.7 cm³/mol. The second-order valence-electron chi connectivity index (χ2n) is 4.57. The van der Waals surface area contributed by atoms with Crippen LogP contribution in [0.5, 0.6) is 11.5 Å². The number of hydrogen-bond acceptors (Lipinski definition) is 4. The van der Waals surface area contributed by atoms with E-state index in [1.807, 2.05) is 18.2 Å². The van der Waals surface area contributed by atoms with Gasteiger partial charge in [0.15, 0.2) is 11.5 Å². The molecule has 2 aromatic rings. The van der Waals surface area contributed by atoms with Crippen LogP contribution in [-0.2, 0) is 0 Å². The van der Waals surface area contributed by atoms with Gasteiger partial charge >= 0.3 is 0 Å². The molecule has 2 aromatic carbocycles. The average molecular weight is 370 g/mol. The quantitative estimate of drug-likeness (QED) is 0.792. The first-order valence-electron chi connectivity index (χ1n) is 6.45. The van der Waals surface area contributed by atoms with E-state index in [1.165, 1.54) is 17.8 Å². The highest BCUT2D eigenvalue weighted by atomic mass is 79.9. The molecule has 1 aliphatic rings. The van der Waals surface area contributed by atoms with Crippen molar-refractivity contribution in [2.24, 2.45) is 0 Å². The SMILES string of the molecule is Nc1cc(F)c(Br)cc1Sc1ccc2c(c1)OCCCO2. The van der Waals surface area contributed by atoms with Gasteiger partial charge in [-0.2, -0.15) is 0 Å². The number of hydrogen-bond donors (Lipinski definition) is 1. The number of rotatable bonds is 2. The van der Waals surface area contributed by atoms with Gasteiger partial charge in [-0.15, -0.1) is 0 Å². The minimum absolute atomic E-state index is 0.365. The Kier molecular flexibility index (Phi) is 4.26. The van der Waals surface area contributed by atoms with Crippen LogP contribution in [0.3, 0.4) is 0 Å². The summed E-state index contributed by atoms with van der Waals surface area (Å²) in [6, 6.07) is 8.74. The van der Waals surface area contributed by atoms with Gasteiger partial charge < -0.3 is 15.2 Å². The van der Waals surface area contributed by atoms with E-state index in [-0.39, 0.29) is 5.82 Å². The Morgan fingerprint density at radius 1 is 1.10 bits per heavy atom. The molecule has 0 amide bonds. The molecule has 0 aromatic heterocycles. The summed E-state index contributed by atoms with van der Waals surface area (Å²) in [5.74, 6) is 1.12. The van der Waals surface area contributed by atoms with Crippen LogP contribution in [0.25, 0.3) is 0 Å². The molecule has 0 saturated heterocycles. The van der Waals surface area contributed by atoms with Crippen LogP contribution in [0.1, 0.15) is 6.42 Å². The molecule has 21 heavy (non-hydrogen) atoms. The van der Waals surface area contributed by atoms with E-state index in [1.54, 1.807) is 6.07 Å². The molecule has 0 bridgehead atoms. The first-order chi connectivity index (χ1) is 10.1. The second kappa shape index (κ2) is 6.15. The molecule has 0 saturated carbocycles. The molecule has 6 heteroatoms. The van der Waals surface area contributed by atoms with Crippen LogP contribution in [0, 0.1) is 5.82 Å². The molecule has 110 valence electrons. The lowest BCUT2D eigenvalue weighted by Gasteiger charge is -2.10. The Morgan fingerprint density at radius 3 is 2.67 bits per heavy atom. The summed E-state index contributed by atoms with van der Waals surface area (Å²) in [4.78, 5) is 1.75. The minimum Gasteiger partial charge on any atom is -0.490 e. The summed E-state index contributed by atoms with van der Waals surface area (Å²) in [6.07, 6.45) is 0.870. The fourth-order valence-corrected chi connectivity index (χ4v) is 3.37. The van der Waals surface area contributed by atoms with Crippen molar-refractivity contribution < 1.29 is 13.9 Å². The highest BCUT2D eigenvalue weighted by Gasteiger charge is 2.13. The van der Waals surface area contributed by atoms with Crippen LogP contribution >= 0.6 is 27.7 Å². The third-order valence-corrected chi connectivity index (χ3v) is 4.67. The van der Waals surface area contributed by atoms with Crippen molar-refractivity contribution in [2.45, 2.75) is 16.2 Å². The fraction of sp³-hybridized carbons (Fsp3) is 0.200. The Bertz CT molecular complexity index is 681. The van der Waals surface area contributed by atoms with Gasteiger partial charge in [-0.25, -0.2) is 4.39 Å². The van der Waals surface area contributed by atoms with Crippen molar-refractivity contribution in [3.63, 3.8) is 0 Å². The standard InChI is InChI=1S/C15H13BrFNO2S/c16-10-7-15(12(18)8-11(10)17)21-9-2-3-13-14(6-9)20-5-1-4-19-13/h2-3,6-8H,1,4-5,18H2. The molecule has 1 aliphatic heterocycles. The normalized spacial score (nSPS) is 13.8. The summed E-state index contributed by atoms with van der Waals surface area (Å²) in [7, 11) is 0. The number of nitrogens with two attached hydrogens (primary N) is 1. The van der Waals surface area contributed by atoms with Crippen molar-refractivity contribution in [1.82, 2.24) is 0 Å². The van der Waals surface area contributed by atoms with Crippen LogP contribution < -0.4 is 15.2 Å². The number of fused-ring (bicyclic) bond motifs is 1. The molecule has 0 radical (unpaired) electrons. The maximum absolute atomic E-state index is 13.4. The molecule has 3 rings (SSSR count). The van der Waals surface area contributed by atoms with Gasteiger partial charge in [0, 0.05) is 21.9 Å². The zero-order valence-corrected chi connectivity index (χ0v) is 13.5. The largest absolute Gasteiger partial charge is 0.490 e. The third kappa shape index (κ3) is 3.27. The number of ether oxygens (including phenoxy) is 2. The molecule has 3 nitrogen and oxygen atoms in total. The van der Waals surface area contributed by atoms with Gasteiger partial charge in [-0.05, 0) is 46.3 Å². The highest BCUT2D eigenvalue weighted by Crippen LogP contribution is 2.39. The predicted octanol–water partition coefficient (Wildman–Crippen LogP) is 4.48. The Labute approximate surface area is 134 Å². The van der Waals surface area contributed by atoms with E-state index < -0.39 is 0 Å². The lowest BCUT2D eigenvalue weighted by atomic mass is 10.3. The lowest BCUT2D eigenvalue weighted by molar-refractivity contribution is 0.297. The van der Waals surface area contributed by atoms with Crippen LogP contribution in [0.2, 0.25) is 0 Å². The molecule has 0 fully saturated rings. The van der Waals surface area contributed by atoms with E-state index in [0.717, 1.165) is 27.7 Å². The monoisotopic (exact) mass is 369 g/mol. The zero-order valence-electron chi connectivity index (χ0n) is 11.1. The number of benzene rings is 2. The Morgan fingerprint density at radius 2 is 1.86 bits per heavy atom. The number of anilines is 1. The second-order valence-corrected chi connectivity index (χ2v) is 6.53. The first-order valence-corrected chi connectivity index (χ1v) is 8.06. The summed E-state index contributed by atoms with van der Waals surface area (Å²) in [5, 5.41) is 0. The van der Waals surface area contributed by atoms with Crippen molar-refractivity contribution >= 4 is 33.4 Å². The van der Waals surface area contributed by atoms with Crippen LogP contribution in [0.4, 0.5) is 10.1 Å². The maximum atomic E-state index is 13.4. The van der Waals surface area contributed by atoms with Crippen LogP contribution in [0.15, 0.2) is 44.6 Å².